The molecule has 0 atom stereocenters. The summed E-state index contributed by atoms with van der Waals surface area (Å²) < 4.78 is 2.79. The van der Waals surface area contributed by atoms with E-state index in [1.165, 1.54) is 5.56 Å². The molecule has 0 fully saturated rings. The molecule has 0 radical (unpaired) electrons. The van der Waals surface area contributed by atoms with E-state index in [1.54, 1.807) is 6.20 Å². The van der Waals surface area contributed by atoms with E-state index in [0.29, 0.717) is 6.54 Å². The Bertz CT molecular complexity index is 560. The molecular formula is C12H15BrN4. The number of pyridine rings is 1. The predicted molar refractivity (Wildman–Crippen MR) is 71.2 cm³/mol. The highest BCUT2D eigenvalue weighted by Crippen LogP contribution is 2.20. The molecule has 4 nitrogen and oxygen atoms in total. The summed E-state index contributed by atoms with van der Waals surface area (Å²) in [7, 11) is 0. The average molecular weight is 295 g/mol. The number of hydrogen-bond donors (Lipinski definition) is 1. The average Bonchev–Trinajstić information content (AvgIpc) is 2.57. The molecule has 2 rings (SSSR count). The number of nitrogens with two attached hydrogens (primary N) is 1. The van der Waals surface area contributed by atoms with Gasteiger partial charge in [-0.1, -0.05) is 0 Å². The molecule has 0 saturated carbocycles. The zero-order chi connectivity index (χ0) is 12.6. The van der Waals surface area contributed by atoms with E-state index in [9.17, 15) is 0 Å². The van der Waals surface area contributed by atoms with Crippen LogP contribution in [0.3, 0.4) is 0 Å². The van der Waals surface area contributed by atoms with Crippen molar-refractivity contribution in [3.63, 3.8) is 0 Å². The molecule has 90 valence electrons. The zero-order valence-electron chi connectivity index (χ0n) is 10.2. The van der Waals surface area contributed by atoms with Crippen molar-refractivity contribution in [3.8, 4) is 5.82 Å². The Morgan fingerprint density at radius 2 is 2.06 bits per heavy atom. The van der Waals surface area contributed by atoms with Crippen LogP contribution in [0.5, 0.6) is 0 Å². The first-order valence-electron chi connectivity index (χ1n) is 5.42. The number of aryl methyl sites for hydroxylation is 1. The Balaban J connectivity index is 2.64. The van der Waals surface area contributed by atoms with Gasteiger partial charge in [0, 0.05) is 28.5 Å². The maximum Gasteiger partial charge on any atom is 0.158 e. The number of aromatic nitrogens is 3. The van der Waals surface area contributed by atoms with Crippen LogP contribution in [0.1, 0.15) is 22.5 Å². The van der Waals surface area contributed by atoms with Crippen molar-refractivity contribution in [1.82, 2.24) is 14.8 Å². The van der Waals surface area contributed by atoms with Gasteiger partial charge in [0.2, 0.25) is 0 Å². The van der Waals surface area contributed by atoms with Crippen LogP contribution >= 0.6 is 15.9 Å². The molecule has 5 heteroatoms. The Morgan fingerprint density at radius 3 is 2.59 bits per heavy atom. The first-order valence-corrected chi connectivity index (χ1v) is 6.21. The summed E-state index contributed by atoms with van der Waals surface area (Å²) in [5, 5.41) is 4.50. The van der Waals surface area contributed by atoms with Crippen LogP contribution in [0.2, 0.25) is 0 Å². The van der Waals surface area contributed by atoms with Gasteiger partial charge in [-0.05, 0) is 48.3 Å². The lowest BCUT2D eigenvalue weighted by molar-refractivity contribution is 0.787. The highest BCUT2D eigenvalue weighted by molar-refractivity contribution is 9.10. The van der Waals surface area contributed by atoms with E-state index in [1.807, 2.05) is 24.6 Å². The monoisotopic (exact) mass is 294 g/mol. The molecule has 0 saturated heterocycles. The van der Waals surface area contributed by atoms with Gasteiger partial charge in [-0.3, -0.25) is 0 Å². The molecule has 0 aliphatic rings. The molecule has 0 aliphatic heterocycles. The van der Waals surface area contributed by atoms with Crippen molar-refractivity contribution >= 4 is 15.9 Å². The molecule has 0 bridgehead atoms. The fourth-order valence-electron chi connectivity index (χ4n) is 1.74. The summed E-state index contributed by atoms with van der Waals surface area (Å²) in [5.41, 5.74) is 10.0. The number of hydrogen-bond acceptors (Lipinski definition) is 3. The summed E-state index contributed by atoms with van der Waals surface area (Å²) in [4.78, 5) is 4.41. The van der Waals surface area contributed by atoms with E-state index < -0.39 is 0 Å². The Hall–Kier alpha value is -1.20. The molecule has 2 heterocycles. The van der Waals surface area contributed by atoms with Crippen molar-refractivity contribution in [3.05, 3.63) is 39.3 Å². The number of halogens is 1. The molecule has 0 aliphatic carbocycles. The quantitative estimate of drug-likeness (QED) is 0.925. The van der Waals surface area contributed by atoms with Gasteiger partial charge in [-0.25, -0.2) is 9.67 Å². The summed E-state index contributed by atoms with van der Waals surface area (Å²) in [5.74, 6) is 0.810. The molecule has 0 spiro atoms. The number of rotatable bonds is 2. The van der Waals surface area contributed by atoms with Gasteiger partial charge in [0.1, 0.15) is 0 Å². The molecule has 2 N–H and O–H groups in total. The lowest BCUT2D eigenvalue weighted by atomic mass is 10.2. The van der Waals surface area contributed by atoms with Crippen LogP contribution in [0, 0.1) is 20.8 Å². The van der Waals surface area contributed by atoms with Crippen LogP contribution in [0.25, 0.3) is 5.82 Å². The standard InChI is InChI=1S/C12H15BrN4/c1-7-8(2)16-17(9(7)3)12-10(5-14)4-11(13)6-15-12/h4,6H,5,14H2,1-3H3. The summed E-state index contributed by atoms with van der Waals surface area (Å²) >= 11 is 3.40. The Kier molecular flexibility index (Phi) is 3.31. The maximum absolute atomic E-state index is 5.75. The first kappa shape index (κ1) is 12.3. The molecule has 17 heavy (non-hydrogen) atoms. The van der Waals surface area contributed by atoms with E-state index in [-0.39, 0.29) is 0 Å². The van der Waals surface area contributed by atoms with E-state index in [2.05, 4.69) is 32.9 Å². The first-order chi connectivity index (χ1) is 8.04. The van der Waals surface area contributed by atoms with Gasteiger partial charge < -0.3 is 5.73 Å². The second kappa shape index (κ2) is 4.58. The third-order valence-corrected chi connectivity index (χ3v) is 3.42. The third-order valence-electron chi connectivity index (χ3n) is 2.98. The molecule has 0 aromatic carbocycles. The van der Waals surface area contributed by atoms with Crippen molar-refractivity contribution in [2.45, 2.75) is 27.3 Å². The van der Waals surface area contributed by atoms with Crippen molar-refractivity contribution in [2.75, 3.05) is 0 Å². The predicted octanol–water partition coefficient (Wildman–Crippen LogP) is 2.41. The van der Waals surface area contributed by atoms with Gasteiger partial charge in [-0.2, -0.15) is 5.10 Å². The second-order valence-electron chi connectivity index (χ2n) is 4.05. The smallest absolute Gasteiger partial charge is 0.158 e. The highest BCUT2D eigenvalue weighted by atomic mass is 79.9. The van der Waals surface area contributed by atoms with Crippen molar-refractivity contribution in [1.29, 1.82) is 0 Å². The van der Waals surface area contributed by atoms with E-state index in [0.717, 1.165) is 27.2 Å². The van der Waals surface area contributed by atoms with Gasteiger partial charge in [-0.15, -0.1) is 0 Å². The van der Waals surface area contributed by atoms with Crippen LogP contribution in [0.4, 0.5) is 0 Å². The number of nitrogens with zero attached hydrogens (tertiary/aromatic N) is 3. The Labute approximate surface area is 109 Å². The lowest BCUT2D eigenvalue weighted by Gasteiger charge is -2.09. The van der Waals surface area contributed by atoms with Crippen LogP contribution in [-0.4, -0.2) is 14.8 Å². The van der Waals surface area contributed by atoms with E-state index >= 15 is 0 Å². The lowest BCUT2D eigenvalue weighted by Crippen LogP contribution is -2.09. The molecule has 2 aromatic rings. The van der Waals surface area contributed by atoms with E-state index in [4.69, 9.17) is 5.73 Å². The summed E-state index contributed by atoms with van der Waals surface area (Å²) in [6.45, 7) is 6.55. The molecule has 0 amide bonds. The van der Waals surface area contributed by atoms with Crippen LogP contribution in [-0.2, 0) is 6.54 Å². The molecule has 0 unspecified atom stereocenters. The minimum Gasteiger partial charge on any atom is -0.326 e. The summed E-state index contributed by atoms with van der Waals surface area (Å²) in [6, 6.07) is 1.98. The normalized spacial score (nSPS) is 10.9. The van der Waals surface area contributed by atoms with Crippen molar-refractivity contribution < 1.29 is 0 Å². The van der Waals surface area contributed by atoms with Gasteiger partial charge in [0.15, 0.2) is 5.82 Å². The van der Waals surface area contributed by atoms with Gasteiger partial charge in [0.05, 0.1) is 5.69 Å². The minimum atomic E-state index is 0.444. The Morgan fingerprint density at radius 1 is 1.35 bits per heavy atom. The van der Waals surface area contributed by atoms with Gasteiger partial charge >= 0.3 is 0 Å². The molecule has 2 aromatic heterocycles. The topological polar surface area (TPSA) is 56.7 Å². The van der Waals surface area contributed by atoms with Crippen LogP contribution in [0.15, 0.2) is 16.7 Å². The summed E-state index contributed by atoms with van der Waals surface area (Å²) in [6.07, 6.45) is 1.76. The maximum atomic E-state index is 5.75. The fraction of sp³-hybridized carbons (Fsp3) is 0.333. The third kappa shape index (κ3) is 2.12. The fourth-order valence-corrected chi connectivity index (χ4v) is 2.12. The highest BCUT2D eigenvalue weighted by Gasteiger charge is 2.13. The molecular weight excluding hydrogens is 280 g/mol. The second-order valence-corrected chi connectivity index (χ2v) is 4.96. The minimum absolute atomic E-state index is 0.444. The van der Waals surface area contributed by atoms with Crippen LogP contribution < -0.4 is 5.73 Å². The largest absolute Gasteiger partial charge is 0.326 e. The van der Waals surface area contributed by atoms with Crippen molar-refractivity contribution in [2.24, 2.45) is 5.73 Å². The van der Waals surface area contributed by atoms with Gasteiger partial charge in [0.25, 0.3) is 0 Å². The zero-order valence-corrected chi connectivity index (χ0v) is 11.7. The SMILES string of the molecule is Cc1nn(-c2ncc(Br)cc2CN)c(C)c1C.